The highest BCUT2D eigenvalue weighted by atomic mass is 28.3. The second kappa shape index (κ2) is 21.9. The van der Waals surface area contributed by atoms with Gasteiger partial charge in [0.05, 0.1) is 28.1 Å². The van der Waals surface area contributed by atoms with Gasteiger partial charge >= 0.3 is 0 Å². The van der Waals surface area contributed by atoms with Crippen LogP contribution in [0.1, 0.15) is 84.6 Å². The van der Waals surface area contributed by atoms with Crippen LogP contribution in [0.3, 0.4) is 0 Å². The van der Waals surface area contributed by atoms with Crippen molar-refractivity contribution in [2.45, 2.75) is 85.5 Å². The van der Waals surface area contributed by atoms with Crippen molar-refractivity contribution in [1.29, 1.82) is 0 Å². The van der Waals surface area contributed by atoms with Crippen molar-refractivity contribution in [3.8, 4) is 61.8 Å². The van der Waals surface area contributed by atoms with E-state index in [-0.39, 0.29) is 16.2 Å². The fourth-order valence-electron chi connectivity index (χ4n) is 14.7. The van der Waals surface area contributed by atoms with Gasteiger partial charge in [0.15, 0.2) is 8.07 Å². The molecular weight excluding hydrogens is 1120 g/mol. The van der Waals surface area contributed by atoms with Gasteiger partial charge in [-0.1, -0.05) is 250 Å². The van der Waals surface area contributed by atoms with Crippen molar-refractivity contribution < 1.29 is 4.74 Å². The first-order valence-corrected chi connectivity index (χ1v) is 34.1. The maximum Gasteiger partial charge on any atom is 0.180 e. The van der Waals surface area contributed by atoms with Crippen molar-refractivity contribution >= 4 is 73.4 Å². The summed E-state index contributed by atoms with van der Waals surface area (Å²) in [5, 5.41) is 7.94. The smallest absolute Gasteiger partial charge is 0.180 e. The lowest BCUT2D eigenvalue weighted by molar-refractivity contribution is 0.483. The SMILES string of the molecule is Cc1cc(-c2ccccc2)c(N2CN(c3cccc(Oc4ccc5c6c7c(ccc6n(-c6cc(C(C)(C)C)c(-c8ccc(C(C)(C)C)cc8)cn6)c5c4)[Si](c4ccccc4)(c4ccccc4)c4ccccc4-7)c3)c3ccccc32)c(-c2cccc(C(C)(C)C)c2)c1. The summed E-state index contributed by atoms with van der Waals surface area (Å²) < 4.78 is 9.60. The van der Waals surface area contributed by atoms with Crippen LogP contribution in [0, 0.1) is 6.92 Å². The molecule has 0 spiro atoms. The second-order valence-corrected chi connectivity index (χ2v) is 31.8. The quantitative estimate of drug-likeness (QED) is 0.128. The summed E-state index contributed by atoms with van der Waals surface area (Å²) in [6.45, 7) is 23.5. The minimum atomic E-state index is -2.82. The molecule has 13 aromatic rings. The van der Waals surface area contributed by atoms with Crippen molar-refractivity contribution in [3.05, 3.63) is 289 Å². The van der Waals surface area contributed by atoms with Crippen LogP contribution in [0.4, 0.5) is 22.7 Å². The molecule has 0 N–H and O–H groups in total. The van der Waals surface area contributed by atoms with Crippen LogP contribution in [0.25, 0.3) is 72.1 Å². The third-order valence-electron chi connectivity index (χ3n) is 19.1. The normalized spacial score (nSPS) is 13.6. The van der Waals surface area contributed by atoms with Gasteiger partial charge in [0.25, 0.3) is 0 Å². The van der Waals surface area contributed by atoms with Gasteiger partial charge in [-0.05, 0) is 155 Å². The molecule has 91 heavy (non-hydrogen) atoms. The fraction of sp³-hybridized carbons (Fsp3) is 0.165. The molecule has 0 radical (unpaired) electrons. The van der Waals surface area contributed by atoms with E-state index in [4.69, 9.17) is 9.72 Å². The van der Waals surface area contributed by atoms with Crippen molar-refractivity contribution in [1.82, 2.24) is 9.55 Å². The van der Waals surface area contributed by atoms with Gasteiger partial charge in [0, 0.05) is 51.5 Å². The number of hydrogen-bond acceptors (Lipinski definition) is 4. The summed E-state index contributed by atoms with van der Waals surface area (Å²) in [4.78, 5) is 10.5. The first-order chi connectivity index (χ1) is 43.9. The van der Waals surface area contributed by atoms with Crippen LogP contribution >= 0.6 is 0 Å². The third-order valence-corrected chi connectivity index (χ3v) is 23.9. The molecule has 0 aliphatic carbocycles. The molecule has 11 aromatic carbocycles. The number of fused-ring (bicyclic) bond motifs is 8. The molecule has 2 aromatic heterocycles. The molecule has 4 heterocycles. The highest BCUT2D eigenvalue weighted by Crippen LogP contribution is 2.52. The van der Waals surface area contributed by atoms with Crippen molar-refractivity contribution in [2.75, 3.05) is 16.5 Å². The largest absolute Gasteiger partial charge is 0.457 e. The monoisotopic (exact) mass is 1200 g/mol. The number of aromatic nitrogens is 2. The third kappa shape index (κ3) is 9.78. The molecule has 0 amide bonds. The number of rotatable bonds is 10. The molecule has 2 aliphatic heterocycles. The molecule has 6 heteroatoms. The minimum absolute atomic E-state index is 0.00982. The zero-order valence-electron chi connectivity index (χ0n) is 53.8. The van der Waals surface area contributed by atoms with Crippen molar-refractivity contribution in [2.24, 2.45) is 0 Å². The summed E-state index contributed by atoms with van der Waals surface area (Å²) in [6, 6.07) is 97.1. The summed E-state index contributed by atoms with van der Waals surface area (Å²) in [5.74, 6) is 2.36. The molecule has 5 nitrogen and oxygen atoms in total. The lowest BCUT2D eigenvalue weighted by Crippen LogP contribution is -2.72. The molecule has 0 bridgehead atoms. The average molecular weight is 1200 g/mol. The predicted molar refractivity (Wildman–Crippen MR) is 387 cm³/mol. The van der Waals surface area contributed by atoms with Gasteiger partial charge in [-0.2, -0.15) is 0 Å². The van der Waals surface area contributed by atoms with Crippen LogP contribution in [-0.2, 0) is 16.2 Å². The van der Waals surface area contributed by atoms with E-state index >= 15 is 0 Å². The van der Waals surface area contributed by atoms with Crippen molar-refractivity contribution in [3.63, 3.8) is 0 Å². The number of nitrogens with zero attached hydrogens (tertiary/aromatic N) is 4. The first-order valence-electron chi connectivity index (χ1n) is 32.1. The number of para-hydroxylation sites is 2. The van der Waals surface area contributed by atoms with Crippen LogP contribution in [-0.4, -0.2) is 24.3 Å². The highest BCUT2D eigenvalue weighted by molar-refractivity contribution is 7.22. The van der Waals surface area contributed by atoms with Crippen LogP contribution in [0.15, 0.2) is 267 Å². The Morgan fingerprint density at radius 2 is 1.01 bits per heavy atom. The van der Waals surface area contributed by atoms with Gasteiger partial charge in [0.1, 0.15) is 24.0 Å². The lowest BCUT2D eigenvalue weighted by Gasteiger charge is -2.31. The summed E-state index contributed by atoms with van der Waals surface area (Å²) >= 11 is 0. The molecule has 0 unspecified atom stereocenters. The highest BCUT2D eigenvalue weighted by Gasteiger charge is 2.49. The Kier molecular flexibility index (Phi) is 13.8. The van der Waals surface area contributed by atoms with E-state index in [1.54, 1.807) is 0 Å². The van der Waals surface area contributed by atoms with E-state index in [2.05, 4.69) is 351 Å². The topological polar surface area (TPSA) is 33.5 Å². The Morgan fingerprint density at radius 3 is 1.69 bits per heavy atom. The number of benzene rings is 11. The van der Waals surface area contributed by atoms with E-state index in [0.29, 0.717) is 6.67 Å². The maximum atomic E-state index is 7.20. The fourth-order valence-corrected chi connectivity index (χ4v) is 19.8. The van der Waals surface area contributed by atoms with Gasteiger partial charge in [-0.15, -0.1) is 0 Å². The van der Waals surface area contributed by atoms with E-state index in [0.717, 1.165) is 56.4 Å². The Morgan fingerprint density at radius 1 is 0.418 bits per heavy atom. The number of anilines is 4. The van der Waals surface area contributed by atoms with E-state index in [1.807, 2.05) is 0 Å². The number of aryl methyl sites for hydroxylation is 1. The number of hydrogen-bond donors (Lipinski definition) is 0. The van der Waals surface area contributed by atoms with E-state index in [9.17, 15) is 0 Å². The molecule has 0 fully saturated rings. The Hall–Kier alpha value is -10.0. The zero-order chi connectivity index (χ0) is 62.6. The Bertz CT molecular complexity index is 4910. The molecule has 2 aliphatic rings. The minimum Gasteiger partial charge on any atom is -0.457 e. The summed E-state index contributed by atoms with van der Waals surface area (Å²) in [7, 11) is -2.82. The molecule has 0 atom stereocenters. The molecule has 446 valence electrons. The van der Waals surface area contributed by atoms with Crippen LogP contribution < -0.4 is 35.3 Å². The molecular formula is C85H76N4OSi. The molecule has 0 saturated heterocycles. The average Bonchev–Trinajstić information content (AvgIpc) is 1.53. The molecule has 15 rings (SSSR count). The molecule has 0 saturated carbocycles. The standard InChI is InChI=1S/C85H76N4OSi/c1-56-48-69(57-26-14-11-15-27-57)82(70(49-56)59-28-24-29-61(50-59)84(5,6)7)88-55-87(73-37-21-22-38-74(73)88)62-30-25-31-63(51-62)90-64-44-45-67-76(52-64)89(79-53-72(85(8,9)10)71(54-86-79)58-40-42-60(43-41-58)83(2,3)4)75-46-47-78-81(80(67)75)68-36-20-23-39-77(68)91(78,65-32-16-12-17-33-65)66-34-18-13-19-35-66/h11-54H,55H2,1-10H3. The Balaban J connectivity index is 0.883. The van der Waals surface area contributed by atoms with E-state index in [1.165, 1.54) is 93.0 Å². The van der Waals surface area contributed by atoms with Crippen LogP contribution in [0.2, 0.25) is 0 Å². The first kappa shape index (κ1) is 57.4. The predicted octanol–water partition coefficient (Wildman–Crippen LogP) is 19.8. The summed E-state index contributed by atoms with van der Waals surface area (Å²) in [6.07, 6.45) is 2.11. The maximum absolute atomic E-state index is 7.20. The Labute approximate surface area is 537 Å². The van der Waals surface area contributed by atoms with Gasteiger partial charge in [0.2, 0.25) is 0 Å². The number of pyridine rings is 1. The van der Waals surface area contributed by atoms with E-state index < -0.39 is 8.07 Å². The van der Waals surface area contributed by atoms with Gasteiger partial charge in [-0.25, -0.2) is 4.98 Å². The zero-order valence-corrected chi connectivity index (χ0v) is 54.8. The number of ether oxygens (including phenoxy) is 1. The summed E-state index contributed by atoms with van der Waals surface area (Å²) in [5.41, 5.74) is 21.3. The lowest BCUT2D eigenvalue weighted by atomic mass is 9.81. The van der Waals surface area contributed by atoms with Gasteiger partial charge < -0.3 is 14.5 Å². The second-order valence-electron chi connectivity index (χ2n) is 28.1. The van der Waals surface area contributed by atoms with Crippen LogP contribution in [0.5, 0.6) is 11.5 Å². The van der Waals surface area contributed by atoms with Gasteiger partial charge in [-0.3, -0.25) is 4.57 Å².